The Kier molecular flexibility index (Phi) is 4.76. The molecule has 0 amide bonds. The molecule has 0 spiro atoms. The van der Waals surface area contributed by atoms with Crippen molar-refractivity contribution in [1.29, 1.82) is 5.26 Å². The quantitative estimate of drug-likeness (QED) is 0.585. The van der Waals surface area contributed by atoms with Gasteiger partial charge in [-0.1, -0.05) is 0 Å². The molecular weight excluding hydrogens is 168 g/mol. The summed E-state index contributed by atoms with van der Waals surface area (Å²) in [7, 11) is 0. The van der Waals surface area contributed by atoms with Crippen molar-refractivity contribution in [2.24, 2.45) is 5.92 Å². The van der Waals surface area contributed by atoms with Gasteiger partial charge in [0.1, 0.15) is 6.04 Å². The first-order valence-corrected chi connectivity index (χ1v) is 4.70. The molecule has 1 aliphatic heterocycles. The third-order valence-corrected chi connectivity index (χ3v) is 2.27. The van der Waals surface area contributed by atoms with Crippen molar-refractivity contribution >= 4 is 0 Å². The Morgan fingerprint density at radius 1 is 1.69 bits per heavy atom. The number of nitrogens with one attached hydrogen (secondary N) is 1. The van der Waals surface area contributed by atoms with Crippen LogP contribution in [0, 0.1) is 17.2 Å². The molecule has 0 aromatic rings. The summed E-state index contributed by atoms with van der Waals surface area (Å²) in [5, 5.41) is 20.5. The number of hydrogen-bond donors (Lipinski definition) is 2. The molecule has 1 fully saturated rings. The Balaban J connectivity index is 2.22. The molecule has 74 valence electrons. The molecule has 1 aliphatic rings. The summed E-state index contributed by atoms with van der Waals surface area (Å²) in [4.78, 5) is 0. The third kappa shape index (κ3) is 3.31. The van der Waals surface area contributed by atoms with Gasteiger partial charge in [-0.2, -0.15) is 5.26 Å². The van der Waals surface area contributed by atoms with Crippen molar-refractivity contribution in [3.63, 3.8) is 0 Å². The van der Waals surface area contributed by atoms with E-state index >= 15 is 0 Å². The molecule has 2 atom stereocenters. The van der Waals surface area contributed by atoms with Crippen molar-refractivity contribution < 1.29 is 9.84 Å². The van der Waals surface area contributed by atoms with E-state index < -0.39 is 0 Å². The Morgan fingerprint density at radius 3 is 3.08 bits per heavy atom. The second-order valence-corrected chi connectivity index (χ2v) is 3.26. The molecule has 4 nitrogen and oxygen atoms in total. The van der Waals surface area contributed by atoms with Gasteiger partial charge in [-0.3, -0.25) is 0 Å². The molecule has 2 unspecified atom stereocenters. The highest BCUT2D eigenvalue weighted by Gasteiger charge is 2.24. The molecule has 0 bridgehead atoms. The lowest BCUT2D eigenvalue weighted by Crippen LogP contribution is -2.36. The fourth-order valence-corrected chi connectivity index (χ4v) is 1.47. The highest BCUT2D eigenvalue weighted by molar-refractivity contribution is 4.95. The lowest BCUT2D eigenvalue weighted by atomic mass is 10.0. The van der Waals surface area contributed by atoms with Crippen LogP contribution in [-0.4, -0.2) is 37.5 Å². The van der Waals surface area contributed by atoms with Crippen LogP contribution in [0.3, 0.4) is 0 Å². The summed E-state index contributed by atoms with van der Waals surface area (Å²) in [6.45, 7) is 2.33. The standard InChI is InChI=1S/C9H16N2O2/c10-6-9(11-3-1-4-12)8-2-5-13-7-8/h8-9,11-12H,1-5,7H2. The topological polar surface area (TPSA) is 65.3 Å². The van der Waals surface area contributed by atoms with E-state index in [1.807, 2.05) is 0 Å². The minimum Gasteiger partial charge on any atom is -0.396 e. The van der Waals surface area contributed by atoms with Crippen LogP contribution in [0.25, 0.3) is 0 Å². The number of rotatable bonds is 5. The van der Waals surface area contributed by atoms with Crippen molar-refractivity contribution in [2.45, 2.75) is 18.9 Å². The maximum absolute atomic E-state index is 8.86. The van der Waals surface area contributed by atoms with Crippen molar-refractivity contribution in [1.82, 2.24) is 5.32 Å². The molecule has 1 rings (SSSR count). The summed E-state index contributed by atoms with van der Waals surface area (Å²) in [6, 6.07) is 2.11. The van der Waals surface area contributed by atoms with Gasteiger partial charge in [-0.15, -0.1) is 0 Å². The lowest BCUT2D eigenvalue weighted by Gasteiger charge is -2.15. The van der Waals surface area contributed by atoms with Crippen LogP contribution in [0.15, 0.2) is 0 Å². The first kappa shape index (κ1) is 10.5. The Hall–Kier alpha value is -0.630. The third-order valence-electron chi connectivity index (χ3n) is 2.27. The van der Waals surface area contributed by atoms with E-state index in [1.165, 1.54) is 0 Å². The van der Waals surface area contributed by atoms with Crippen LogP contribution >= 0.6 is 0 Å². The van der Waals surface area contributed by atoms with Crippen LogP contribution in [0.2, 0.25) is 0 Å². The molecule has 1 heterocycles. The van der Waals surface area contributed by atoms with Gasteiger partial charge in [-0.05, 0) is 19.4 Å². The van der Waals surface area contributed by atoms with Crippen molar-refractivity contribution in [2.75, 3.05) is 26.4 Å². The van der Waals surface area contributed by atoms with Crippen LogP contribution in [0.4, 0.5) is 0 Å². The number of nitrogens with zero attached hydrogens (tertiary/aromatic N) is 1. The van der Waals surface area contributed by atoms with Gasteiger partial charge in [0.15, 0.2) is 0 Å². The van der Waals surface area contributed by atoms with Crippen molar-refractivity contribution in [3.05, 3.63) is 0 Å². The highest BCUT2D eigenvalue weighted by atomic mass is 16.5. The number of aliphatic hydroxyl groups is 1. The summed E-state index contributed by atoms with van der Waals surface area (Å²) in [5.41, 5.74) is 0. The van der Waals surface area contributed by atoms with E-state index in [9.17, 15) is 0 Å². The summed E-state index contributed by atoms with van der Waals surface area (Å²) >= 11 is 0. The minimum absolute atomic E-state index is 0.117. The minimum atomic E-state index is -0.117. The van der Waals surface area contributed by atoms with E-state index in [4.69, 9.17) is 15.1 Å². The Labute approximate surface area is 78.5 Å². The second kappa shape index (κ2) is 5.92. The van der Waals surface area contributed by atoms with E-state index in [0.717, 1.165) is 13.0 Å². The van der Waals surface area contributed by atoms with Crippen LogP contribution < -0.4 is 5.32 Å². The first-order valence-electron chi connectivity index (χ1n) is 4.70. The zero-order valence-corrected chi connectivity index (χ0v) is 7.70. The average molecular weight is 184 g/mol. The molecule has 0 radical (unpaired) electrons. The number of ether oxygens (including phenoxy) is 1. The molecule has 0 aromatic carbocycles. The molecule has 0 aromatic heterocycles. The maximum atomic E-state index is 8.86. The van der Waals surface area contributed by atoms with Gasteiger partial charge in [0.2, 0.25) is 0 Å². The molecule has 2 N–H and O–H groups in total. The average Bonchev–Trinajstić information content (AvgIpc) is 2.65. The normalized spacial score (nSPS) is 24.2. The van der Waals surface area contributed by atoms with E-state index in [1.54, 1.807) is 0 Å². The summed E-state index contributed by atoms with van der Waals surface area (Å²) < 4.78 is 5.21. The van der Waals surface area contributed by atoms with E-state index in [-0.39, 0.29) is 12.6 Å². The lowest BCUT2D eigenvalue weighted by molar-refractivity contribution is 0.181. The fourth-order valence-electron chi connectivity index (χ4n) is 1.47. The molecule has 0 saturated carbocycles. The monoisotopic (exact) mass is 184 g/mol. The Bertz CT molecular complexity index is 173. The first-order chi connectivity index (χ1) is 6.38. The second-order valence-electron chi connectivity index (χ2n) is 3.26. The number of aliphatic hydroxyl groups excluding tert-OH is 1. The van der Waals surface area contributed by atoms with Gasteiger partial charge in [0.25, 0.3) is 0 Å². The van der Waals surface area contributed by atoms with Gasteiger partial charge in [0, 0.05) is 19.1 Å². The molecule has 0 aliphatic carbocycles. The smallest absolute Gasteiger partial charge is 0.100 e. The van der Waals surface area contributed by atoms with Crippen LogP contribution in [0.5, 0.6) is 0 Å². The van der Waals surface area contributed by atoms with Crippen LogP contribution in [-0.2, 0) is 4.74 Å². The predicted octanol–water partition coefficient (Wildman–Crippen LogP) is -0.113. The van der Waals surface area contributed by atoms with Gasteiger partial charge >= 0.3 is 0 Å². The largest absolute Gasteiger partial charge is 0.396 e. The summed E-state index contributed by atoms with van der Waals surface area (Å²) in [6.07, 6.45) is 1.66. The highest BCUT2D eigenvalue weighted by Crippen LogP contribution is 2.16. The molecule has 4 heteroatoms. The SMILES string of the molecule is N#CC(NCCCO)C1CCOC1. The van der Waals surface area contributed by atoms with Gasteiger partial charge in [0.05, 0.1) is 12.7 Å². The Morgan fingerprint density at radius 2 is 2.54 bits per heavy atom. The zero-order chi connectivity index (χ0) is 9.52. The fraction of sp³-hybridized carbons (Fsp3) is 0.889. The maximum Gasteiger partial charge on any atom is 0.100 e. The van der Waals surface area contributed by atoms with E-state index in [2.05, 4.69) is 11.4 Å². The van der Waals surface area contributed by atoms with Crippen LogP contribution in [0.1, 0.15) is 12.8 Å². The zero-order valence-electron chi connectivity index (χ0n) is 7.70. The number of nitriles is 1. The van der Waals surface area contributed by atoms with Gasteiger partial charge in [-0.25, -0.2) is 0 Å². The van der Waals surface area contributed by atoms with Gasteiger partial charge < -0.3 is 15.2 Å². The molecule has 13 heavy (non-hydrogen) atoms. The number of hydrogen-bond acceptors (Lipinski definition) is 4. The molecular formula is C9H16N2O2. The summed E-state index contributed by atoms with van der Waals surface area (Å²) in [5.74, 6) is 0.323. The van der Waals surface area contributed by atoms with E-state index in [0.29, 0.717) is 25.5 Å². The van der Waals surface area contributed by atoms with Crippen molar-refractivity contribution in [3.8, 4) is 6.07 Å². The predicted molar refractivity (Wildman–Crippen MR) is 48.0 cm³/mol. The molecule has 1 saturated heterocycles.